The number of benzene rings is 3. The van der Waals surface area contributed by atoms with Crippen molar-refractivity contribution in [3.63, 3.8) is 0 Å². The van der Waals surface area contributed by atoms with Gasteiger partial charge in [-0.1, -0.05) is 29.8 Å². The summed E-state index contributed by atoms with van der Waals surface area (Å²) in [6.07, 6.45) is 0. The number of hydrogen-bond donors (Lipinski definition) is 1. The van der Waals surface area contributed by atoms with Crippen LogP contribution < -0.4 is 4.74 Å². The number of halogens is 2. The fraction of sp³-hybridized carbons (Fsp3) is 0.0588. The molecule has 0 spiro atoms. The molecule has 0 aromatic heterocycles. The van der Waals surface area contributed by atoms with Crippen molar-refractivity contribution < 1.29 is 14.2 Å². The van der Waals surface area contributed by atoms with Crippen LogP contribution in [0.25, 0.3) is 10.8 Å². The highest BCUT2D eigenvalue weighted by atomic mass is 35.5. The normalized spacial score (nSPS) is 10.8. The third-order valence-corrected chi connectivity index (χ3v) is 3.49. The van der Waals surface area contributed by atoms with E-state index in [9.17, 15) is 9.50 Å². The first-order chi connectivity index (χ1) is 10.1. The quantitative estimate of drug-likeness (QED) is 0.744. The van der Waals surface area contributed by atoms with Gasteiger partial charge in [-0.25, -0.2) is 4.39 Å². The van der Waals surface area contributed by atoms with Crippen LogP contribution in [0.4, 0.5) is 4.39 Å². The van der Waals surface area contributed by atoms with Gasteiger partial charge in [-0.15, -0.1) is 0 Å². The van der Waals surface area contributed by atoms with Crippen LogP contribution in [-0.2, 0) is 6.61 Å². The number of aromatic hydroxyl groups is 1. The molecule has 0 bridgehead atoms. The molecule has 106 valence electrons. The molecule has 3 aromatic rings. The maximum Gasteiger partial charge on any atom is 0.142 e. The van der Waals surface area contributed by atoms with Crippen LogP contribution in [0, 0.1) is 5.82 Å². The molecule has 0 radical (unpaired) electrons. The van der Waals surface area contributed by atoms with Gasteiger partial charge in [0, 0.05) is 0 Å². The lowest BCUT2D eigenvalue weighted by Crippen LogP contribution is -1.96. The summed E-state index contributed by atoms with van der Waals surface area (Å²) in [5.41, 5.74) is 0.702. The molecule has 0 saturated heterocycles. The van der Waals surface area contributed by atoms with E-state index in [1.165, 1.54) is 12.1 Å². The lowest BCUT2D eigenvalue weighted by molar-refractivity contribution is 0.306. The third-order valence-electron chi connectivity index (χ3n) is 3.18. The van der Waals surface area contributed by atoms with Crippen molar-refractivity contribution in [3.05, 3.63) is 71.0 Å². The molecule has 21 heavy (non-hydrogen) atoms. The van der Waals surface area contributed by atoms with Crippen LogP contribution in [0.2, 0.25) is 5.02 Å². The SMILES string of the molecule is Oc1ccc2ccc(OCc3ccc(Cl)c(F)c3)cc2c1. The predicted molar refractivity (Wildman–Crippen MR) is 81.4 cm³/mol. The van der Waals surface area contributed by atoms with Crippen molar-refractivity contribution in [1.82, 2.24) is 0 Å². The van der Waals surface area contributed by atoms with Crippen LogP contribution in [0.1, 0.15) is 5.56 Å². The summed E-state index contributed by atoms with van der Waals surface area (Å²) in [4.78, 5) is 0. The van der Waals surface area contributed by atoms with Gasteiger partial charge >= 0.3 is 0 Å². The minimum absolute atomic E-state index is 0.0972. The summed E-state index contributed by atoms with van der Waals surface area (Å²) in [5.74, 6) is 0.407. The second-order valence-electron chi connectivity index (χ2n) is 4.73. The van der Waals surface area contributed by atoms with Gasteiger partial charge in [0.1, 0.15) is 23.9 Å². The van der Waals surface area contributed by atoms with Crippen LogP contribution in [0.3, 0.4) is 0 Å². The summed E-state index contributed by atoms with van der Waals surface area (Å²) >= 11 is 5.64. The average Bonchev–Trinajstić information content (AvgIpc) is 2.48. The Kier molecular flexibility index (Phi) is 3.67. The monoisotopic (exact) mass is 302 g/mol. The number of ether oxygens (including phenoxy) is 1. The molecule has 0 saturated carbocycles. The molecular formula is C17H12ClFO2. The van der Waals surface area contributed by atoms with E-state index < -0.39 is 5.82 Å². The Bertz CT molecular complexity index is 802. The number of phenolic OH excluding ortho intramolecular Hbond substituents is 1. The smallest absolute Gasteiger partial charge is 0.142 e. The highest BCUT2D eigenvalue weighted by molar-refractivity contribution is 6.30. The molecule has 0 heterocycles. The van der Waals surface area contributed by atoms with Gasteiger partial charge in [0.2, 0.25) is 0 Å². The highest BCUT2D eigenvalue weighted by Crippen LogP contribution is 2.25. The Morgan fingerprint density at radius 3 is 2.57 bits per heavy atom. The Morgan fingerprint density at radius 2 is 1.76 bits per heavy atom. The summed E-state index contributed by atoms with van der Waals surface area (Å²) < 4.78 is 19.0. The Hall–Kier alpha value is -2.26. The van der Waals surface area contributed by atoms with E-state index in [-0.39, 0.29) is 17.4 Å². The van der Waals surface area contributed by atoms with E-state index in [2.05, 4.69) is 0 Å². The maximum atomic E-state index is 13.3. The minimum atomic E-state index is -0.457. The molecule has 0 aliphatic carbocycles. The molecule has 0 unspecified atom stereocenters. The number of hydrogen-bond acceptors (Lipinski definition) is 2. The largest absolute Gasteiger partial charge is 0.508 e. The molecule has 4 heteroatoms. The van der Waals surface area contributed by atoms with Crippen LogP contribution in [0.15, 0.2) is 54.6 Å². The molecule has 2 nitrogen and oxygen atoms in total. The van der Waals surface area contributed by atoms with E-state index in [4.69, 9.17) is 16.3 Å². The van der Waals surface area contributed by atoms with Gasteiger partial charge in [0.15, 0.2) is 0 Å². The minimum Gasteiger partial charge on any atom is -0.508 e. The van der Waals surface area contributed by atoms with Crippen LogP contribution in [0.5, 0.6) is 11.5 Å². The fourth-order valence-corrected chi connectivity index (χ4v) is 2.22. The molecule has 0 fully saturated rings. The number of rotatable bonds is 3. The highest BCUT2D eigenvalue weighted by Gasteiger charge is 2.03. The summed E-state index contributed by atoms with van der Waals surface area (Å²) in [6, 6.07) is 15.3. The topological polar surface area (TPSA) is 29.5 Å². The summed E-state index contributed by atoms with van der Waals surface area (Å²) in [5, 5.41) is 11.5. The van der Waals surface area contributed by atoms with Gasteiger partial charge < -0.3 is 9.84 Å². The molecule has 0 aliphatic rings. The van der Waals surface area contributed by atoms with Crippen molar-refractivity contribution >= 4 is 22.4 Å². The van der Waals surface area contributed by atoms with Crippen molar-refractivity contribution in [2.24, 2.45) is 0 Å². The van der Waals surface area contributed by atoms with Crippen molar-refractivity contribution in [1.29, 1.82) is 0 Å². The van der Waals surface area contributed by atoms with E-state index in [0.29, 0.717) is 11.3 Å². The van der Waals surface area contributed by atoms with Crippen molar-refractivity contribution in [2.45, 2.75) is 6.61 Å². The van der Waals surface area contributed by atoms with Gasteiger partial charge in [-0.3, -0.25) is 0 Å². The number of fused-ring (bicyclic) bond motifs is 1. The summed E-state index contributed by atoms with van der Waals surface area (Å²) in [6.45, 7) is 0.248. The molecule has 1 N–H and O–H groups in total. The fourth-order valence-electron chi connectivity index (χ4n) is 2.10. The van der Waals surface area contributed by atoms with E-state index in [1.807, 2.05) is 24.3 Å². The van der Waals surface area contributed by atoms with E-state index in [1.54, 1.807) is 18.2 Å². The van der Waals surface area contributed by atoms with Crippen molar-refractivity contribution in [3.8, 4) is 11.5 Å². The zero-order chi connectivity index (χ0) is 14.8. The Morgan fingerprint density at radius 1 is 0.952 bits per heavy atom. The standard InChI is InChI=1S/C17H12ClFO2/c18-16-6-1-11(7-17(16)19)10-21-15-5-3-12-2-4-14(20)8-13(12)9-15/h1-9,20H,10H2. The maximum absolute atomic E-state index is 13.3. The van der Waals surface area contributed by atoms with Gasteiger partial charge in [0.25, 0.3) is 0 Å². The van der Waals surface area contributed by atoms with Gasteiger partial charge in [0.05, 0.1) is 5.02 Å². The van der Waals surface area contributed by atoms with Crippen LogP contribution >= 0.6 is 11.6 Å². The Balaban J connectivity index is 1.79. The first-order valence-electron chi connectivity index (χ1n) is 6.41. The molecular weight excluding hydrogens is 291 g/mol. The molecule has 3 aromatic carbocycles. The van der Waals surface area contributed by atoms with E-state index in [0.717, 1.165) is 10.8 Å². The Labute approximate surface area is 126 Å². The van der Waals surface area contributed by atoms with Gasteiger partial charge in [-0.05, 0) is 52.7 Å². The average molecular weight is 303 g/mol. The molecule has 0 aliphatic heterocycles. The second-order valence-corrected chi connectivity index (χ2v) is 5.14. The summed E-state index contributed by atoms with van der Waals surface area (Å²) in [7, 11) is 0. The zero-order valence-corrected chi connectivity index (χ0v) is 11.8. The first-order valence-corrected chi connectivity index (χ1v) is 6.79. The molecule has 0 amide bonds. The van der Waals surface area contributed by atoms with Gasteiger partial charge in [-0.2, -0.15) is 0 Å². The number of phenols is 1. The molecule has 3 rings (SSSR count). The predicted octanol–water partition coefficient (Wildman–Crippen LogP) is 4.92. The second kappa shape index (κ2) is 5.62. The van der Waals surface area contributed by atoms with Crippen molar-refractivity contribution in [2.75, 3.05) is 0 Å². The van der Waals surface area contributed by atoms with Crippen LogP contribution in [-0.4, -0.2) is 5.11 Å². The van der Waals surface area contributed by atoms with E-state index >= 15 is 0 Å². The lowest BCUT2D eigenvalue weighted by Gasteiger charge is -2.08. The zero-order valence-electron chi connectivity index (χ0n) is 11.0. The lowest BCUT2D eigenvalue weighted by atomic mass is 10.1. The molecule has 0 atom stereocenters. The third kappa shape index (κ3) is 3.09. The first kappa shape index (κ1) is 13.7.